The standard InChI is InChI=1S/C14H19ClN4O2.2ClH/c1-9(16)14(21)19-6-4-10(5-7-19)13(20)18-12-3-2-11(15)8-17-12;;/h2-3,8-10H,4-7,16H2,1H3,(H,17,18,20);2*1H/t9-;;/m1../s1. The first-order valence-electron chi connectivity index (χ1n) is 6.94. The van der Waals surface area contributed by atoms with Crippen molar-refractivity contribution in [1.29, 1.82) is 0 Å². The summed E-state index contributed by atoms with van der Waals surface area (Å²) in [5, 5.41) is 3.29. The van der Waals surface area contributed by atoms with Crippen LogP contribution >= 0.6 is 36.4 Å². The predicted molar refractivity (Wildman–Crippen MR) is 95.3 cm³/mol. The zero-order valence-corrected chi connectivity index (χ0v) is 15.1. The van der Waals surface area contributed by atoms with Crippen molar-refractivity contribution in [1.82, 2.24) is 9.88 Å². The molecule has 130 valence electrons. The lowest BCUT2D eigenvalue weighted by molar-refractivity contribution is -0.135. The summed E-state index contributed by atoms with van der Waals surface area (Å²) in [7, 11) is 0. The van der Waals surface area contributed by atoms with Gasteiger partial charge in [0.1, 0.15) is 5.82 Å². The van der Waals surface area contributed by atoms with E-state index in [2.05, 4.69) is 10.3 Å². The van der Waals surface area contributed by atoms with Gasteiger partial charge in [-0.2, -0.15) is 0 Å². The lowest BCUT2D eigenvalue weighted by Gasteiger charge is -2.32. The van der Waals surface area contributed by atoms with E-state index in [-0.39, 0.29) is 42.5 Å². The number of nitrogens with zero attached hydrogens (tertiary/aromatic N) is 2. The molecule has 1 aliphatic heterocycles. The highest BCUT2D eigenvalue weighted by atomic mass is 35.5. The molecule has 3 N–H and O–H groups in total. The second-order valence-corrected chi connectivity index (χ2v) is 5.68. The number of halogens is 3. The summed E-state index contributed by atoms with van der Waals surface area (Å²) in [4.78, 5) is 29.7. The van der Waals surface area contributed by atoms with Gasteiger partial charge in [-0.05, 0) is 31.9 Å². The number of hydrogen-bond acceptors (Lipinski definition) is 4. The molecule has 1 fully saturated rings. The monoisotopic (exact) mass is 382 g/mol. The van der Waals surface area contributed by atoms with E-state index in [1.807, 2.05) is 0 Å². The van der Waals surface area contributed by atoms with Gasteiger partial charge in [-0.15, -0.1) is 24.8 Å². The van der Waals surface area contributed by atoms with E-state index in [0.717, 1.165) is 0 Å². The van der Waals surface area contributed by atoms with Crippen LogP contribution in [0.3, 0.4) is 0 Å². The van der Waals surface area contributed by atoms with Crippen molar-refractivity contribution in [2.75, 3.05) is 18.4 Å². The van der Waals surface area contributed by atoms with Gasteiger partial charge >= 0.3 is 0 Å². The summed E-state index contributed by atoms with van der Waals surface area (Å²) in [5.74, 6) is 0.240. The Morgan fingerprint density at radius 1 is 1.35 bits per heavy atom. The smallest absolute Gasteiger partial charge is 0.239 e. The van der Waals surface area contributed by atoms with Crippen LogP contribution < -0.4 is 11.1 Å². The first-order chi connectivity index (χ1) is 9.97. The predicted octanol–water partition coefficient (Wildman–Crippen LogP) is 2.10. The third kappa shape index (κ3) is 6.14. The molecule has 0 radical (unpaired) electrons. The van der Waals surface area contributed by atoms with Crippen molar-refractivity contribution >= 4 is 54.0 Å². The van der Waals surface area contributed by atoms with Crippen LogP contribution in [0.1, 0.15) is 19.8 Å². The fraction of sp³-hybridized carbons (Fsp3) is 0.500. The molecule has 0 spiro atoms. The molecule has 0 aromatic carbocycles. The summed E-state index contributed by atoms with van der Waals surface area (Å²) in [6.45, 7) is 2.80. The molecule has 2 amide bonds. The normalized spacial score (nSPS) is 15.9. The molecule has 6 nitrogen and oxygen atoms in total. The summed E-state index contributed by atoms with van der Waals surface area (Å²) >= 11 is 5.75. The van der Waals surface area contributed by atoms with Gasteiger partial charge in [0.15, 0.2) is 0 Å². The van der Waals surface area contributed by atoms with Crippen molar-refractivity contribution in [3.8, 4) is 0 Å². The molecular weight excluding hydrogens is 363 g/mol. The van der Waals surface area contributed by atoms with Crippen LogP contribution in [0.25, 0.3) is 0 Å². The Kier molecular flexibility index (Phi) is 9.46. The highest BCUT2D eigenvalue weighted by Gasteiger charge is 2.28. The summed E-state index contributed by atoms with van der Waals surface area (Å²) in [6.07, 6.45) is 2.76. The molecule has 0 aliphatic carbocycles. The fourth-order valence-corrected chi connectivity index (χ4v) is 2.44. The van der Waals surface area contributed by atoms with Crippen molar-refractivity contribution in [2.45, 2.75) is 25.8 Å². The van der Waals surface area contributed by atoms with Crippen LogP contribution in [0.5, 0.6) is 0 Å². The van der Waals surface area contributed by atoms with E-state index in [4.69, 9.17) is 17.3 Å². The molecule has 1 atom stereocenters. The number of hydrogen-bond donors (Lipinski definition) is 2. The molecule has 1 saturated heterocycles. The third-order valence-corrected chi connectivity index (χ3v) is 3.77. The van der Waals surface area contributed by atoms with E-state index in [9.17, 15) is 9.59 Å². The number of nitrogens with two attached hydrogens (primary N) is 1. The minimum atomic E-state index is -0.492. The first-order valence-corrected chi connectivity index (χ1v) is 7.32. The van der Waals surface area contributed by atoms with Gasteiger partial charge in [-0.1, -0.05) is 11.6 Å². The molecule has 2 rings (SSSR count). The van der Waals surface area contributed by atoms with Gasteiger partial charge in [0.05, 0.1) is 11.1 Å². The number of pyridine rings is 1. The molecule has 1 aliphatic rings. The van der Waals surface area contributed by atoms with Crippen LogP contribution in [0.15, 0.2) is 18.3 Å². The van der Waals surface area contributed by atoms with Gasteiger partial charge < -0.3 is 16.0 Å². The zero-order valence-electron chi connectivity index (χ0n) is 12.7. The molecule has 0 bridgehead atoms. The van der Waals surface area contributed by atoms with E-state index in [1.165, 1.54) is 6.20 Å². The number of carbonyl (C=O) groups is 2. The number of piperidine rings is 1. The van der Waals surface area contributed by atoms with E-state index in [0.29, 0.717) is 36.8 Å². The van der Waals surface area contributed by atoms with E-state index >= 15 is 0 Å². The Morgan fingerprint density at radius 2 is 1.96 bits per heavy atom. The summed E-state index contributed by atoms with van der Waals surface area (Å²) in [5.41, 5.74) is 5.59. The Labute approximate surface area is 153 Å². The number of likely N-dealkylation sites (tertiary alicyclic amines) is 1. The highest BCUT2D eigenvalue weighted by Crippen LogP contribution is 2.20. The van der Waals surface area contributed by atoms with Crippen LogP contribution in [0.4, 0.5) is 5.82 Å². The van der Waals surface area contributed by atoms with Crippen molar-refractivity contribution in [3.05, 3.63) is 23.4 Å². The van der Waals surface area contributed by atoms with Crippen LogP contribution in [0.2, 0.25) is 5.02 Å². The average molecular weight is 384 g/mol. The highest BCUT2D eigenvalue weighted by molar-refractivity contribution is 6.30. The minimum absolute atomic E-state index is 0. The van der Waals surface area contributed by atoms with Gasteiger partial charge in [0.2, 0.25) is 11.8 Å². The molecule has 0 saturated carbocycles. The molecular formula is C14H21Cl3N4O2. The summed E-state index contributed by atoms with van der Waals surface area (Å²) in [6, 6.07) is 2.84. The topological polar surface area (TPSA) is 88.3 Å². The van der Waals surface area contributed by atoms with Crippen molar-refractivity contribution < 1.29 is 9.59 Å². The molecule has 23 heavy (non-hydrogen) atoms. The summed E-state index contributed by atoms with van der Waals surface area (Å²) < 4.78 is 0. The van der Waals surface area contributed by atoms with E-state index in [1.54, 1.807) is 24.0 Å². The number of aromatic nitrogens is 1. The second-order valence-electron chi connectivity index (χ2n) is 5.24. The minimum Gasteiger partial charge on any atom is -0.341 e. The maximum Gasteiger partial charge on any atom is 0.239 e. The lowest BCUT2D eigenvalue weighted by atomic mass is 9.95. The van der Waals surface area contributed by atoms with Crippen LogP contribution in [-0.4, -0.2) is 40.8 Å². The third-order valence-electron chi connectivity index (χ3n) is 3.55. The second kappa shape index (κ2) is 9.93. The first kappa shape index (κ1) is 21.9. The largest absolute Gasteiger partial charge is 0.341 e. The number of anilines is 1. The number of nitrogens with one attached hydrogen (secondary N) is 1. The maximum atomic E-state index is 12.2. The quantitative estimate of drug-likeness (QED) is 0.836. The molecule has 1 aromatic rings. The Bertz CT molecular complexity index is 517. The molecule has 1 aromatic heterocycles. The average Bonchev–Trinajstić information content (AvgIpc) is 2.49. The van der Waals surface area contributed by atoms with Gasteiger partial charge in [0.25, 0.3) is 0 Å². The van der Waals surface area contributed by atoms with Crippen LogP contribution in [-0.2, 0) is 9.59 Å². The molecule has 0 unspecified atom stereocenters. The Morgan fingerprint density at radius 3 is 2.43 bits per heavy atom. The van der Waals surface area contributed by atoms with Crippen LogP contribution in [0, 0.1) is 5.92 Å². The molecule has 9 heteroatoms. The van der Waals surface area contributed by atoms with Gasteiger partial charge in [0, 0.05) is 25.2 Å². The number of carbonyl (C=O) groups excluding carboxylic acids is 2. The van der Waals surface area contributed by atoms with Crippen molar-refractivity contribution in [2.24, 2.45) is 11.7 Å². The Balaban J connectivity index is 0.00000242. The Hall–Kier alpha value is -1.08. The number of rotatable bonds is 3. The molecule has 2 heterocycles. The zero-order chi connectivity index (χ0) is 15.4. The lowest BCUT2D eigenvalue weighted by Crippen LogP contribution is -2.47. The van der Waals surface area contributed by atoms with Crippen molar-refractivity contribution in [3.63, 3.8) is 0 Å². The van der Waals surface area contributed by atoms with E-state index < -0.39 is 6.04 Å². The maximum absolute atomic E-state index is 12.2. The SMILES string of the molecule is C[C@@H](N)C(=O)N1CCC(C(=O)Nc2ccc(Cl)cn2)CC1.Cl.Cl. The van der Waals surface area contributed by atoms with Gasteiger partial charge in [-0.25, -0.2) is 4.98 Å². The number of amides is 2. The fourth-order valence-electron chi connectivity index (χ4n) is 2.33. The van der Waals surface area contributed by atoms with Gasteiger partial charge in [-0.3, -0.25) is 9.59 Å².